The van der Waals surface area contributed by atoms with E-state index in [0.717, 1.165) is 19.3 Å². The van der Waals surface area contributed by atoms with E-state index in [2.05, 4.69) is 5.32 Å². The van der Waals surface area contributed by atoms with Gasteiger partial charge in [0.15, 0.2) is 0 Å². The molecule has 0 aromatic rings. The Morgan fingerprint density at radius 3 is 2.91 bits per heavy atom. The Morgan fingerprint density at radius 2 is 2.45 bits per heavy atom. The smallest absolute Gasteiger partial charge is 0.120 e. The molecule has 11 heavy (non-hydrogen) atoms. The minimum atomic E-state index is -0.201. The lowest BCUT2D eigenvalue weighted by Crippen LogP contribution is -2.38. The van der Waals surface area contributed by atoms with Crippen LogP contribution in [0.15, 0.2) is 0 Å². The van der Waals surface area contributed by atoms with Crippen LogP contribution in [0.2, 0.25) is 0 Å². The van der Waals surface area contributed by atoms with Gasteiger partial charge >= 0.3 is 0 Å². The number of carbonyl (C=O) groups is 1. The van der Waals surface area contributed by atoms with E-state index in [4.69, 9.17) is 4.74 Å². The van der Waals surface area contributed by atoms with Crippen molar-refractivity contribution in [1.29, 1.82) is 0 Å². The lowest BCUT2D eigenvalue weighted by molar-refractivity contribution is -0.108. The monoisotopic (exact) mass is 157 g/mol. The van der Waals surface area contributed by atoms with E-state index in [0.29, 0.717) is 12.5 Å². The number of hydrogen-bond acceptors (Lipinski definition) is 3. The molecule has 1 heterocycles. The van der Waals surface area contributed by atoms with Crippen LogP contribution in [-0.4, -0.2) is 24.7 Å². The average Bonchev–Trinajstić information content (AvgIpc) is 2.26. The Balaban J connectivity index is 2.24. The zero-order valence-corrected chi connectivity index (χ0v) is 7.09. The van der Waals surface area contributed by atoms with Crippen LogP contribution in [0, 0.1) is 0 Å². The number of nitrogens with one attached hydrogen (secondary N) is 1. The van der Waals surface area contributed by atoms with Gasteiger partial charge in [0.1, 0.15) is 12.0 Å². The zero-order valence-electron chi connectivity index (χ0n) is 7.09. The van der Waals surface area contributed by atoms with Gasteiger partial charge in [-0.05, 0) is 20.3 Å². The molecule has 0 aliphatic carbocycles. The normalized spacial score (nSPS) is 28.7. The van der Waals surface area contributed by atoms with Crippen LogP contribution in [0.25, 0.3) is 0 Å². The lowest BCUT2D eigenvalue weighted by Gasteiger charge is -2.17. The van der Waals surface area contributed by atoms with Crippen LogP contribution in [-0.2, 0) is 9.53 Å². The molecule has 0 radical (unpaired) electrons. The first kappa shape index (κ1) is 8.68. The SMILES string of the molecule is CC1(C)NC(CCC=O)CO1. The van der Waals surface area contributed by atoms with Gasteiger partial charge in [-0.2, -0.15) is 0 Å². The van der Waals surface area contributed by atoms with E-state index in [-0.39, 0.29) is 5.72 Å². The summed E-state index contributed by atoms with van der Waals surface area (Å²) in [7, 11) is 0. The van der Waals surface area contributed by atoms with Crippen LogP contribution in [0.4, 0.5) is 0 Å². The van der Waals surface area contributed by atoms with Crippen molar-refractivity contribution in [2.45, 2.75) is 38.5 Å². The molecule has 1 fully saturated rings. The molecule has 1 atom stereocenters. The number of hydrogen-bond donors (Lipinski definition) is 1. The van der Waals surface area contributed by atoms with E-state index < -0.39 is 0 Å². The third kappa shape index (κ3) is 2.60. The summed E-state index contributed by atoms with van der Waals surface area (Å²) in [5.41, 5.74) is -0.201. The highest BCUT2D eigenvalue weighted by Crippen LogP contribution is 2.16. The summed E-state index contributed by atoms with van der Waals surface area (Å²) < 4.78 is 5.42. The quantitative estimate of drug-likeness (QED) is 0.612. The molecular weight excluding hydrogens is 142 g/mol. The largest absolute Gasteiger partial charge is 0.360 e. The van der Waals surface area contributed by atoms with Crippen molar-refractivity contribution in [3.8, 4) is 0 Å². The third-order valence-corrected chi connectivity index (χ3v) is 1.83. The molecule has 0 saturated carbocycles. The Labute approximate surface area is 67.1 Å². The summed E-state index contributed by atoms with van der Waals surface area (Å²) in [5.74, 6) is 0. The molecule has 0 aromatic carbocycles. The second-order valence-corrected chi connectivity index (χ2v) is 3.41. The number of rotatable bonds is 3. The molecule has 0 amide bonds. The summed E-state index contributed by atoms with van der Waals surface area (Å²) >= 11 is 0. The van der Waals surface area contributed by atoms with Crippen molar-refractivity contribution in [2.75, 3.05) is 6.61 Å². The molecule has 3 nitrogen and oxygen atoms in total. The zero-order chi connectivity index (χ0) is 8.32. The second-order valence-electron chi connectivity index (χ2n) is 3.41. The van der Waals surface area contributed by atoms with Gasteiger partial charge in [0, 0.05) is 12.5 Å². The molecule has 1 aliphatic rings. The van der Waals surface area contributed by atoms with Crippen molar-refractivity contribution in [3.05, 3.63) is 0 Å². The van der Waals surface area contributed by atoms with Gasteiger partial charge in [-0.1, -0.05) is 0 Å². The van der Waals surface area contributed by atoms with E-state index in [1.54, 1.807) is 0 Å². The molecule has 1 rings (SSSR count). The van der Waals surface area contributed by atoms with Gasteiger partial charge in [0.05, 0.1) is 6.61 Å². The predicted molar refractivity (Wildman–Crippen MR) is 42.3 cm³/mol. The van der Waals surface area contributed by atoms with Gasteiger partial charge in [-0.3, -0.25) is 5.32 Å². The summed E-state index contributed by atoms with van der Waals surface area (Å²) in [6.07, 6.45) is 2.46. The van der Waals surface area contributed by atoms with Crippen molar-refractivity contribution < 1.29 is 9.53 Å². The molecule has 1 N–H and O–H groups in total. The van der Waals surface area contributed by atoms with Gasteiger partial charge in [-0.15, -0.1) is 0 Å². The van der Waals surface area contributed by atoms with E-state index in [1.807, 2.05) is 13.8 Å². The Hall–Kier alpha value is -0.410. The van der Waals surface area contributed by atoms with Gasteiger partial charge in [-0.25, -0.2) is 0 Å². The highest BCUT2D eigenvalue weighted by Gasteiger charge is 2.29. The number of ether oxygens (including phenoxy) is 1. The van der Waals surface area contributed by atoms with Crippen LogP contribution < -0.4 is 5.32 Å². The summed E-state index contributed by atoms with van der Waals surface area (Å²) in [6, 6.07) is 0.357. The van der Waals surface area contributed by atoms with E-state index >= 15 is 0 Å². The Kier molecular flexibility index (Phi) is 2.62. The van der Waals surface area contributed by atoms with E-state index in [9.17, 15) is 4.79 Å². The van der Waals surface area contributed by atoms with Crippen molar-refractivity contribution in [2.24, 2.45) is 0 Å². The van der Waals surface area contributed by atoms with Gasteiger partial charge < -0.3 is 9.53 Å². The van der Waals surface area contributed by atoms with Crippen LogP contribution in [0.3, 0.4) is 0 Å². The highest BCUT2D eigenvalue weighted by molar-refractivity contribution is 5.49. The second kappa shape index (κ2) is 3.32. The molecular formula is C8H15NO2. The molecule has 0 aromatic heterocycles. The lowest BCUT2D eigenvalue weighted by atomic mass is 10.2. The maximum Gasteiger partial charge on any atom is 0.120 e. The first-order valence-electron chi connectivity index (χ1n) is 3.99. The fraction of sp³-hybridized carbons (Fsp3) is 0.875. The Morgan fingerprint density at radius 1 is 1.73 bits per heavy atom. The third-order valence-electron chi connectivity index (χ3n) is 1.83. The number of carbonyl (C=O) groups excluding carboxylic acids is 1. The minimum absolute atomic E-state index is 0.201. The minimum Gasteiger partial charge on any atom is -0.360 e. The maximum absolute atomic E-state index is 10.1. The summed E-state index contributed by atoms with van der Waals surface area (Å²) in [6.45, 7) is 4.71. The van der Waals surface area contributed by atoms with Crippen LogP contribution in [0.5, 0.6) is 0 Å². The number of aldehydes is 1. The van der Waals surface area contributed by atoms with E-state index in [1.165, 1.54) is 0 Å². The fourth-order valence-corrected chi connectivity index (χ4v) is 1.31. The molecule has 3 heteroatoms. The molecule has 0 spiro atoms. The van der Waals surface area contributed by atoms with Crippen molar-refractivity contribution in [3.63, 3.8) is 0 Å². The molecule has 64 valence electrons. The maximum atomic E-state index is 10.1. The van der Waals surface area contributed by atoms with Crippen LogP contribution in [0.1, 0.15) is 26.7 Å². The first-order valence-corrected chi connectivity index (χ1v) is 3.99. The van der Waals surface area contributed by atoms with Crippen LogP contribution >= 0.6 is 0 Å². The molecule has 0 bridgehead atoms. The average molecular weight is 157 g/mol. The highest BCUT2D eigenvalue weighted by atomic mass is 16.5. The predicted octanol–water partition coefficient (Wildman–Crippen LogP) is 0.690. The van der Waals surface area contributed by atoms with Gasteiger partial charge in [0.25, 0.3) is 0 Å². The summed E-state index contributed by atoms with van der Waals surface area (Å²) in [4.78, 5) is 10.1. The fourth-order valence-electron chi connectivity index (χ4n) is 1.31. The summed E-state index contributed by atoms with van der Waals surface area (Å²) in [5, 5.41) is 3.28. The molecule has 1 aliphatic heterocycles. The molecule has 1 saturated heterocycles. The van der Waals surface area contributed by atoms with Gasteiger partial charge in [0.2, 0.25) is 0 Å². The Bertz CT molecular complexity index is 145. The standard InChI is InChI=1S/C8H15NO2/c1-8(2)9-7(6-11-8)4-3-5-10/h5,7,9H,3-4,6H2,1-2H3. The molecule has 1 unspecified atom stereocenters. The topological polar surface area (TPSA) is 38.3 Å². The van der Waals surface area contributed by atoms with Crippen molar-refractivity contribution in [1.82, 2.24) is 5.32 Å². The van der Waals surface area contributed by atoms with Crippen molar-refractivity contribution >= 4 is 6.29 Å². The first-order chi connectivity index (χ1) is 5.14.